The van der Waals surface area contributed by atoms with Crippen LogP contribution in [0.1, 0.15) is 45.4 Å². The maximum absolute atomic E-state index is 12.0. The van der Waals surface area contributed by atoms with Crippen LogP contribution in [0, 0.1) is 0 Å². The minimum Gasteiger partial charge on any atom is -0.550 e. The predicted octanol–water partition coefficient (Wildman–Crippen LogP) is 1.74. The van der Waals surface area contributed by atoms with Gasteiger partial charge in [0.2, 0.25) is 0 Å². The lowest BCUT2D eigenvalue weighted by molar-refractivity contribution is -0.873. The monoisotopic (exact) mass is 381 g/mol. The molecule has 0 aromatic carbocycles. The number of aliphatic hydroxyl groups is 1. The number of nitrogens with zero attached hydrogens (tertiary/aromatic N) is 1. The summed E-state index contributed by atoms with van der Waals surface area (Å²) in [6.07, 6.45) is 13.0. The quantitative estimate of drug-likeness (QED) is 0.281. The van der Waals surface area contributed by atoms with E-state index in [1.54, 1.807) is 0 Å². The summed E-state index contributed by atoms with van der Waals surface area (Å²) >= 11 is 0. The van der Waals surface area contributed by atoms with Crippen molar-refractivity contribution in [3.8, 4) is 0 Å². The fourth-order valence-electron chi connectivity index (χ4n) is 2.40. The van der Waals surface area contributed by atoms with Crippen LogP contribution in [0.5, 0.6) is 0 Å². The number of quaternary nitrogens is 1. The van der Waals surface area contributed by atoms with Gasteiger partial charge in [-0.2, -0.15) is 0 Å². The van der Waals surface area contributed by atoms with E-state index in [0.29, 0.717) is 23.9 Å². The van der Waals surface area contributed by atoms with E-state index in [9.17, 15) is 19.8 Å². The summed E-state index contributed by atoms with van der Waals surface area (Å²) in [5, 5.41) is 20.8. The Morgan fingerprint density at radius 3 is 2.15 bits per heavy atom. The van der Waals surface area contributed by atoms with Gasteiger partial charge in [-0.3, -0.25) is 4.79 Å². The number of ether oxygens (including phenoxy) is 1. The van der Waals surface area contributed by atoms with Crippen molar-refractivity contribution < 1.29 is 29.0 Å². The molecule has 2 unspecified atom stereocenters. The van der Waals surface area contributed by atoms with Crippen LogP contribution in [0.15, 0.2) is 36.5 Å². The maximum Gasteiger partial charge on any atom is 0.308 e. The number of carbonyl (C=O) groups is 2. The highest BCUT2D eigenvalue weighted by atomic mass is 16.5. The Labute approximate surface area is 163 Å². The molecule has 27 heavy (non-hydrogen) atoms. The average Bonchev–Trinajstić information content (AvgIpc) is 2.50. The van der Waals surface area contributed by atoms with Gasteiger partial charge >= 0.3 is 5.97 Å². The number of esters is 1. The summed E-state index contributed by atoms with van der Waals surface area (Å²) in [7, 11) is 5.64. The Bertz CT molecular complexity index is 517. The zero-order chi connectivity index (χ0) is 20.7. The highest BCUT2D eigenvalue weighted by molar-refractivity contribution is 5.71. The third-order valence-electron chi connectivity index (χ3n) is 3.57. The molecular weight excluding hydrogens is 346 g/mol. The molecule has 0 aromatic heterocycles. The van der Waals surface area contributed by atoms with Gasteiger partial charge in [-0.05, 0) is 19.3 Å². The molecule has 154 valence electrons. The lowest BCUT2D eigenvalue weighted by Crippen LogP contribution is -2.45. The number of carboxylic acids is 1. The maximum atomic E-state index is 12.0. The summed E-state index contributed by atoms with van der Waals surface area (Å²) in [4.78, 5) is 22.8. The topological polar surface area (TPSA) is 86.7 Å². The first kappa shape index (κ1) is 25.1. The van der Waals surface area contributed by atoms with Crippen LogP contribution < -0.4 is 5.11 Å². The lowest BCUT2D eigenvalue weighted by Gasteiger charge is -2.29. The molecule has 0 spiro atoms. The predicted molar refractivity (Wildman–Crippen MR) is 105 cm³/mol. The number of aliphatic hydroxyl groups excluding tert-OH is 1. The summed E-state index contributed by atoms with van der Waals surface area (Å²) in [5.74, 6) is -1.85. The Kier molecular flexibility index (Phi) is 13.2. The first-order valence-corrected chi connectivity index (χ1v) is 9.50. The Balaban J connectivity index is 4.22. The van der Waals surface area contributed by atoms with E-state index < -0.39 is 24.1 Å². The van der Waals surface area contributed by atoms with E-state index in [1.165, 1.54) is 0 Å². The number of allylic oxidation sites excluding steroid dienone is 6. The zero-order valence-corrected chi connectivity index (χ0v) is 17.1. The average molecular weight is 382 g/mol. The molecule has 2 atom stereocenters. The number of carbonyl (C=O) groups excluding carboxylic acids is 2. The molecule has 0 saturated heterocycles. The van der Waals surface area contributed by atoms with E-state index >= 15 is 0 Å². The van der Waals surface area contributed by atoms with Gasteiger partial charge in [-0.15, -0.1) is 0 Å². The second-order valence-corrected chi connectivity index (χ2v) is 7.63. The standard InChI is InChI=1S/C21H35NO5/c1-5-6-7-8-9-10-11-12-13-14-18(23)15-21(26)27-19(16-20(24)25)17-22(2,3)4/h7-12,18-19,23H,5-6,13-17H2,1-4H3/b8-7+,10-9+,12-11+. The van der Waals surface area contributed by atoms with Crippen molar-refractivity contribution in [2.24, 2.45) is 0 Å². The van der Waals surface area contributed by atoms with Gasteiger partial charge in [0.25, 0.3) is 0 Å². The van der Waals surface area contributed by atoms with Crippen LogP contribution in [-0.2, 0) is 14.3 Å². The van der Waals surface area contributed by atoms with E-state index in [-0.39, 0.29) is 12.8 Å². The van der Waals surface area contributed by atoms with Gasteiger partial charge < -0.3 is 24.2 Å². The normalized spacial score (nSPS) is 14.9. The molecule has 0 aromatic rings. The molecule has 0 heterocycles. The summed E-state index contributed by atoms with van der Waals surface area (Å²) in [6.45, 7) is 2.49. The van der Waals surface area contributed by atoms with Crippen LogP contribution in [0.4, 0.5) is 0 Å². The summed E-state index contributed by atoms with van der Waals surface area (Å²) in [6, 6.07) is 0. The van der Waals surface area contributed by atoms with Crippen molar-refractivity contribution in [3.63, 3.8) is 0 Å². The second kappa shape index (κ2) is 14.2. The fourth-order valence-corrected chi connectivity index (χ4v) is 2.40. The number of unbranched alkanes of at least 4 members (excludes halogenated alkanes) is 1. The minimum absolute atomic E-state index is 0.149. The third-order valence-corrected chi connectivity index (χ3v) is 3.57. The Morgan fingerprint density at radius 2 is 1.63 bits per heavy atom. The van der Waals surface area contributed by atoms with Crippen molar-refractivity contribution in [2.75, 3.05) is 27.7 Å². The van der Waals surface area contributed by atoms with E-state index in [1.807, 2.05) is 51.5 Å². The number of rotatable bonds is 14. The van der Waals surface area contributed by atoms with Gasteiger partial charge in [0.15, 0.2) is 6.10 Å². The van der Waals surface area contributed by atoms with Crippen LogP contribution in [-0.4, -0.2) is 61.4 Å². The first-order chi connectivity index (χ1) is 12.6. The molecule has 0 aliphatic heterocycles. The van der Waals surface area contributed by atoms with Crippen molar-refractivity contribution in [2.45, 2.75) is 57.7 Å². The third kappa shape index (κ3) is 17.3. The van der Waals surface area contributed by atoms with Gasteiger partial charge in [0, 0.05) is 12.4 Å². The number of aliphatic carboxylic acids is 1. The second-order valence-electron chi connectivity index (χ2n) is 7.63. The molecule has 1 N–H and O–H groups in total. The molecule has 6 heteroatoms. The Morgan fingerprint density at radius 1 is 1.04 bits per heavy atom. The summed E-state index contributed by atoms with van der Waals surface area (Å²) < 4.78 is 5.69. The number of carboxylic acid groups (broad SMARTS) is 1. The van der Waals surface area contributed by atoms with E-state index in [0.717, 1.165) is 12.8 Å². The van der Waals surface area contributed by atoms with Gasteiger partial charge in [0.05, 0.1) is 33.7 Å². The van der Waals surface area contributed by atoms with Crippen LogP contribution in [0.25, 0.3) is 0 Å². The molecular formula is C21H35NO5. The largest absolute Gasteiger partial charge is 0.550 e. The molecule has 0 bridgehead atoms. The van der Waals surface area contributed by atoms with Crippen molar-refractivity contribution in [1.82, 2.24) is 0 Å². The highest BCUT2D eigenvalue weighted by Crippen LogP contribution is 2.09. The fraction of sp³-hybridized carbons (Fsp3) is 0.619. The van der Waals surface area contributed by atoms with Crippen LogP contribution in [0.2, 0.25) is 0 Å². The molecule has 6 nitrogen and oxygen atoms in total. The smallest absolute Gasteiger partial charge is 0.308 e. The molecule has 0 saturated carbocycles. The van der Waals surface area contributed by atoms with Gasteiger partial charge in [-0.25, -0.2) is 0 Å². The first-order valence-electron chi connectivity index (χ1n) is 9.50. The molecule has 0 fully saturated rings. The zero-order valence-electron chi connectivity index (χ0n) is 17.1. The summed E-state index contributed by atoms with van der Waals surface area (Å²) in [5.41, 5.74) is 0. The number of likely N-dealkylation sites (N-methyl/N-ethyl adjacent to an activating group) is 1. The van der Waals surface area contributed by atoms with Crippen LogP contribution >= 0.6 is 0 Å². The molecule has 0 radical (unpaired) electrons. The highest BCUT2D eigenvalue weighted by Gasteiger charge is 2.23. The van der Waals surface area contributed by atoms with Gasteiger partial charge in [0.1, 0.15) is 6.54 Å². The number of hydrogen-bond donors (Lipinski definition) is 1. The van der Waals surface area contributed by atoms with Gasteiger partial charge in [-0.1, -0.05) is 49.8 Å². The lowest BCUT2D eigenvalue weighted by atomic mass is 10.1. The van der Waals surface area contributed by atoms with Crippen molar-refractivity contribution in [3.05, 3.63) is 36.5 Å². The molecule has 0 aliphatic rings. The SMILES string of the molecule is CCC/C=C/C=C/C=C/CCC(O)CC(=O)OC(CC(=O)[O-])C[N+](C)(C)C. The van der Waals surface area contributed by atoms with Crippen molar-refractivity contribution in [1.29, 1.82) is 0 Å². The van der Waals surface area contributed by atoms with E-state index in [4.69, 9.17) is 4.74 Å². The Hall–Kier alpha value is -1.92. The molecule has 0 amide bonds. The van der Waals surface area contributed by atoms with Crippen LogP contribution in [0.3, 0.4) is 0 Å². The van der Waals surface area contributed by atoms with E-state index in [2.05, 4.69) is 13.0 Å². The number of hydrogen-bond acceptors (Lipinski definition) is 5. The minimum atomic E-state index is -1.26. The molecule has 0 rings (SSSR count). The molecule has 0 aliphatic carbocycles. The van der Waals surface area contributed by atoms with Crippen molar-refractivity contribution >= 4 is 11.9 Å².